The lowest BCUT2D eigenvalue weighted by Crippen LogP contribution is -2.43. The SMILES string of the molecule is O=C(Cc1ccsc1)N1CCC[C@H](n2c(=O)[nH]c3cncnc32)C1. The van der Waals surface area contributed by atoms with Crippen LogP contribution in [0.4, 0.5) is 0 Å². The van der Waals surface area contributed by atoms with E-state index in [9.17, 15) is 9.59 Å². The van der Waals surface area contributed by atoms with Gasteiger partial charge >= 0.3 is 5.69 Å². The average molecular weight is 343 g/mol. The highest BCUT2D eigenvalue weighted by Crippen LogP contribution is 2.23. The molecule has 3 aromatic rings. The summed E-state index contributed by atoms with van der Waals surface area (Å²) in [6, 6.07) is 1.92. The van der Waals surface area contributed by atoms with Crippen LogP contribution in [0.15, 0.2) is 34.1 Å². The van der Waals surface area contributed by atoms with E-state index < -0.39 is 0 Å². The van der Waals surface area contributed by atoms with Crippen LogP contribution in [-0.4, -0.2) is 43.4 Å². The Morgan fingerprint density at radius 2 is 2.38 bits per heavy atom. The molecule has 0 radical (unpaired) electrons. The van der Waals surface area contributed by atoms with Crippen molar-refractivity contribution in [3.05, 3.63) is 45.4 Å². The predicted molar refractivity (Wildman–Crippen MR) is 91.0 cm³/mol. The van der Waals surface area contributed by atoms with Gasteiger partial charge in [-0.05, 0) is 35.2 Å². The van der Waals surface area contributed by atoms with Gasteiger partial charge in [-0.2, -0.15) is 11.3 Å². The number of H-pyrrole nitrogens is 1. The Morgan fingerprint density at radius 1 is 1.46 bits per heavy atom. The minimum Gasteiger partial charge on any atom is -0.340 e. The van der Waals surface area contributed by atoms with Crippen molar-refractivity contribution in [2.45, 2.75) is 25.3 Å². The second kappa shape index (κ2) is 6.20. The summed E-state index contributed by atoms with van der Waals surface area (Å²) >= 11 is 1.60. The summed E-state index contributed by atoms with van der Waals surface area (Å²) in [7, 11) is 0. The molecule has 24 heavy (non-hydrogen) atoms. The minimum absolute atomic E-state index is 0.0543. The zero-order chi connectivity index (χ0) is 16.5. The number of imidazole rings is 1. The number of nitrogens with zero attached hydrogens (tertiary/aromatic N) is 4. The number of likely N-dealkylation sites (tertiary alicyclic amines) is 1. The molecular formula is C16H17N5O2S. The van der Waals surface area contributed by atoms with Gasteiger partial charge in [0.25, 0.3) is 0 Å². The number of thiophene rings is 1. The number of amides is 1. The Morgan fingerprint density at radius 3 is 3.21 bits per heavy atom. The van der Waals surface area contributed by atoms with Gasteiger partial charge < -0.3 is 9.88 Å². The van der Waals surface area contributed by atoms with Gasteiger partial charge in [0.05, 0.1) is 18.7 Å². The van der Waals surface area contributed by atoms with Gasteiger partial charge in [-0.25, -0.2) is 14.8 Å². The first-order valence-corrected chi connectivity index (χ1v) is 8.86. The molecule has 1 aliphatic rings. The van der Waals surface area contributed by atoms with E-state index in [2.05, 4.69) is 15.0 Å². The Hall–Kier alpha value is -2.48. The summed E-state index contributed by atoms with van der Waals surface area (Å²) in [6.45, 7) is 1.28. The number of aromatic nitrogens is 4. The molecule has 124 valence electrons. The summed E-state index contributed by atoms with van der Waals surface area (Å²) in [5, 5.41) is 3.98. The topological polar surface area (TPSA) is 83.9 Å². The largest absolute Gasteiger partial charge is 0.340 e. The molecule has 1 saturated heterocycles. The van der Waals surface area contributed by atoms with Gasteiger partial charge in [0.15, 0.2) is 5.65 Å². The number of rotatable bonds is 3. The maximum absolute atomic E-state index is 12.5. The molecule has 0 saturated carbocycles. The number of hydrogen-bond acceptors (Lipinski definition) is 5. The monoisotopic (exact) mass is 343 g/mol. The maximum atomic E-state index is 12.5. The van der Waals surface area contributed by atoms with Gasteiger partial charge in [0.2, 0.25) is 5.91 Å². The third kappa shape index (κ3) is 2.73. The molecule has 1 aliphatic heterocycles. The fourth-order valence-electron chi connectivity index (χ4n) is 3.29. The first-order valence-electron chi connectivity index (χ1n) is 7.91. The van der Waals surface area contributed by atoms with Crippen LogP contribution in [0.2, 0.25) is 0 Å². The molecule has 0 spiro atoms. The number of piperidine rings is 1. The van der Waals surface area contributed by atoms with Crippen LogP contribution < -0.4 is 5.69 Å². The van der Waals surface area contributed by atoms with E-state index in [0.717, 1.165) is 24.9 Å². The highest BCUT2D eigenvalue weighted by molar-refractivity contribution is 7.08. The van der Waals surface area contributed by atoms with Gasteiger partial charge in [-0.1, -0.05) is 0 Å². The molecule has 4 heterocycles. The van der Waals surface area contributed by atoms with Crippen molar-refractivity contribution in [1.29, 1.82) is 0 Å². The molecule has 7 nitrogen and oxygen atoms in total. The number of hydrogen-bond donors (Lipinski definition) is 1. The standard InChI is InChI=1S/C16H17N5O2S/c22-14(6-11-3-5-24-9-11)20-4-1-2-12(8-20)21-15-13(19-16(21)23)7-17-10-18-15/h3,5,7,9-10,12H,1-2,4,6,8H2,(H,19,23)/t12-/m0/s1. The zero-order valence-electron chi connectivity index (χ0n) is 13.0. The van der Waals surface area contributed by atoms with Crippen LogP contribution in [0, 0.1) is 0 Å². The molecule has 3 aromatic heterocycles. The highest BCUT2D eigenvalue weighted by atomic mass is 32.1. The predicted octanol–water partition coefficient (Wildman–Crippen LogP) is 1.59. The molecule has 4 rings (SSSR count). The maximum Gasteiger partial charge on any atom is 0.328 e. The number of nitrogens with one attached hydrogen (secondary N) is 1. The van der Waals surface area contributed by atoms with Gasteiger partial charge in [-0.3, -0.25) is 9.36 Å². The van der Waals surface area contributed by atoms with E-state index in [4.69, 9.17) is 0 Å². The minimum atomic E-state index is -0.192. The molecule has 1 fully saturated rings. The van der Waals surface area contributed by atoms with Gasteiger partial charge in [0, 0.05) is 13.1 Å². The van der Waals surface area contributed by atoms with Crippen molar-refractivity contribution in [2.75, 3.05) is 13.1 Å². The van der Waals surface area contributed by atoms with Gasteiger partial charge in [-0.15, -0.1) is 0 Å². The van der Waals surface area contributed by atoms with E-state index >= 15 is 0 Å². The molecular weight excluding hydrogens is 326 g/mol. The molecule has 0 unspecified atom stereocenters. The van der Waals surface area contributed by atoms with Crippen LogP contribution in [0.5, 0.6) is 0 Å². The quantitative estimate of drug-likeness (QED) is 0.783. The Balaban J connectivity index is 1.57. The molecule has 0 bridgehead atoms. The van der Waals surface area contributed by atoms with E-state index in [-0.39, 0.29) is 17.6 Å². The van der Waals surface area contributed by atoms with Crippen LogP contribution in [-0.2, 0) is 11.2 Å². The first kappa shape index (κ1) is 15.1. The summed E-state index contributed by atoms with van der Waals surface area (Å²) in [4.78, 5) is 37.7. The fraction of sp³-hybridized carbons (Fsp3) is 0.375. The van der Waals surface area contributed by atoms with Crippen molar-refractivity contribution in [3.8, 4) is 0 Å². The van der Waals surface area contributed by atoms with Crippen molar-refractivity contribution in [1.82, 2.24) is 24.4 Å². The highest BCUT2D eigenvalue weighted by Gasteiger charge is 2.27. The number of carbonyl (C=O) groups excluding carboxylic acids is 1. The van der Waals surface area contributed by atoms with Crippen LogP contribution in [0.25, 0.3) is 11.2 Å². The number of aromatic amines is 1. The second-order valence-corrected chi connectivity index (χ2v) is 6.78. The lowest BCUT2D eigenvalue weighted by atomic mass is 10.0. The Labute approximate surface area is 142 Å². The van der Waals surface area contributed by atoms with E-state index in [0.29, 0.717) is 24.1 Å². The summed E-state index contributed by atoms with van der Waals surface area (Å²) < 4.78 is 1.67. The number of fused-ring (bicyclic) bond motifs is 1. The van der Waals surface area contributed by atoms with Gasteiger partial charge in [0.1, 0.15) is 11.8 Å². The van der Waals surface area contributed by atoms with E-state index in [1.165, 1.54) is 6.33 Å². The molecule has 1 amide bonds. The van der Waals surface area contributed by atoms with Crippen LogP contribution in [0.1, 0.15) is 24.4 Å². The molecule has 8 heteroatoms. The third-order valence-corrected chi connectivity index (χ3v) is 5.16. The van der Waals surface area contributed by atoms with Crippen molar-refractivity contribution in [2.24, 2.45) is 0 Å². The molecule has 1 atom stereocenters. The van der Waals surface area contributed by atoms with Crippen molar-refractivity contribution >= 4 is 28.4 Å². The van der Waals surface area contributed by atoms with Crippen molar-refractivity contribution < 1.29 is 4.79 Å². The van der Waals surface area contributed by atoms with Crippen molar-refractivity contribution in [3.63, 3.8) is 0 Å². The van der Waals surface area contributed by atoms with Crippen LogP contribution >= 0.6 is 11.3 Å². The smallest absolute Gasteiger partial charge is 0.328 e. The fourth-order valence-corrected chi connectivity index (χ4v) is 3.95. The van der Waals surface area contributed by atoms with E-state index in [1.807, 2.05) is 21.7 Å². The average Bonchev–Trinajstić information content (AvgIpc) is 3.21. The normalized spacial score (nSPS) is 18.2. The number of carbonyl (C=O) groups is 1. The van der Waals surface area contributed by atoms with Crippen LogP contribution in [0.3, 0.4) is 0 Å². The summed E-state index contributed by atoms with van der Waals surface area (Å²) in [5.41, 5.74) is 2.09. The third-order valence-electron chi connectivity index (χ3n) is 4.43. The Kier molecular flexibility index (Phi) is 3.89. The lowest BCUT2D eigenvalue weighted by Gasteiger charge is -2.33. The Bertz CT molecular complexity index is 914. The second-order valence-electron chi connectivity index (χ2n) is 6.00. The zero-order valence-corrected chi connectivity index (χ0v) is 13.8. The summed E-state index contributed by atoms with van der Waals surface area (Å²) in [5.74, 6) is 0.112. The van der Waals surface area contributed by atoms with E-state index in [1.54, 1.807) is 22.1 Å². The molecule has 0 aromatic carbocycles. The molecule has 1 N–H and O–H groups in total. The lowest BCUT2D eigenvalue weighted by molar-refractivity contribution is -0.132. The summed E-state index contributed by atoms with van der Waals surface area (Å²) in [6.07, 6.45) is 5.20. The first-order chi connectivity index (χ1) is 11.7. The molecule has 0 aliphatic carbocycles.